The number of hydrogen-bond donors (Lipinski definition) is 2. The van der Waals surface area contributed by atoms with Crippen LogP contribution in [0.25, 0.3) is 0 Å². The van der Waals surface area contributed by atoms with E-state index >= 15 is 0 Å². The molecule has 98 valence electrons. The zero-order chi connectivity index (χ0) is 12.3. The highest BCUT2D eigenvalue weighted by Crippen LogP contribution is 2.15. The van der Waals surface area contributed by atoms with Crippen LogP contribution in [-0.4, -0.2) is 45.0 Å². The fourth-order valence-corrected chi connectivity index (χ4v) is 4.23. The third-order valence-electron chi connectivity index (χ3n) is 3.47. The summed E-state index contributed by atoms with van der Waals surface area (Å²) in [7, 11) is -2.90. The molecule has 0 aromatic carbocycles. The second-order valence-corrected chi connectivity index (χ2v) is 7.31. The van der Waals surface area contributed by atoms with E-state index in [0.717, 1.165) is 25.9 Å². The van der Waals surface area contributed by atoms with E-state index in [2.05, 4.69) is 10.6 Å². The van der Waals surface area contributed by atoms with Crippen molar-refractivity contribution in [2.24, 2.45) is 5.92 Å². The van der Waals surface area contributed by atoms with Gasteiger partial charge in [0.15, 0.2) is 9.84 Å². The summed E-state index contributed by atoms with van der Waals surface area (Å²) in [6.45, 7) is 1.94. The first-order chi connectivity index (χ1) is 8.05. The van der Waals surface area contributed by atoms with Crippen molar-refractivity contribution in [1.29, 1.82) is 0 Å². The molecule has 17 heavy (non-hydrogen) atoms. The fourth-order valence-electron chi connectivity index (χ4n) is 2.56. The van der Waals surface area contributed by atoms with Gasteiger partial charge >= 0.3 is 0 Å². The molecule has 2 fully saturated rings. The maximum Gasteiger partial charge on any atom is 0.220 e. The summed E-state index contributed by atoms with van der Waals surface area (Å²) < 4.78 is 22.5. The summed E-state index contributed by atoms with van der Waals surface area (Å²) in [5.41, 5.74) is 0. The second kappa shape index (κ2) is 5.35. The molecule has 0 spiro atoms. The van der Waals surface area contributed by atoms with Crippen LogP contribution >= 0.6 is 0 Å². The molecule has 2 heterocycles. The fraction of sp³-hybridized carbons (Fsp3) is 0.909. The Hall–Kier alpha value is -0.620. The first-order valence-electron chi connectivity index (χ1n) is 6.26. The van der Waals surface area contributed by atoms with Gasteiger partial charge in [-0.05, 0) is 38.3 Å². The van der Waals surface area contributed by atoms with E-state index in [1.54, 1.807) is 0 Å². The Morgan fingerprint density at radius 1 is 1.35 bits per heavy atom. The largest absolute Gasteiger partial charge is 0.352 e. The molecule has 5 nitrogen and oxygen atoms in total. The van der Waals surface area contributed by atoms with E-state index in [0.29, 0.717) is 18.8 Å². The van der Waals surface area contributed by atoms with E-state index in [1.807, 2.05) is 0 Å². The monoisotopic (exact) mass is 260 g/mol. The van der Waals surface area contributed by atoms with E-state index in [-0.39, 0.29) is 23.5 Å². The van der Waals surface area contributed by atoms with Crippen molar-refractivity contribution in [2.45, 2.75) is 31.7 Å². The average molecular weight is 260 g/mol. The lowest BCUT2D eigenvalue weighted by Crippen LogP contribution is -2.39. The van der Waals surface area contributed by atoms with E-state index in [9.17, 15) is 13.2 Å². The zero-order valence-electron chi connectivity index (χ0n) is 9.94. The lowest BCUT2D eigenvalue weighted by molar-refractivity contribution is -0.122. The number of sulfone groups is 1. The quantitative estimate of drug-likeness (QED) is 0.729. The number of nitrogens with one attached hydrogen (secondary N) is 2. The number of carbonyl (C=O) groups excluding carboxylic acids is 1. The molecule has 0 aromatic rings. The highest BCUT2D eigenvalue weighted by molar-refractivity contribution is 7.91. The Kier molecular flexibility index (Phi) is 4.04. The van der Waals surface area contributed by atoms with Crippen LogP contribution in [0.4, 0.5) is 0 Å². The van der Waals surface area contributed by atoms with Crippen molar-refractivity contribution >= 4 is 15.7 Å². The first kappa shape index (κ1) is 12.8. The highest BCUT2D eigenvalue weighted by Gasteiger charge is 2.29. The van der Waals surface area contributed by atoms with Crippen LogP contribution in [0.1, 0.15) is 25.7 Å². The summed E-state index contributed by atoms with van der Waals surface area (Å²) in [6, 6.07) is -0.163. The Balaban J connectivity index is 1.74. The molecule has 2 atom stereocenters. The van der Waals surface area contributed by atoms with Gasteiger partial charge in [0.2, 0.25) is 5.91 Å². The first-order valence-corrected chi connectivity index (χ1v) is 8.08. The normalized spacial score (nSPS) is 32.2. The Morgan fingerprint density at radius 2 is 2.18 bits per heavy atom. The summed E-state index contributed by atoms with van der Waals surface area (Å²) in [6.07, 6.45) is 3.29. The van der Waals surface area contributed by atoms with Gasteiger partial charge in [-0.3, -0.25) is 4.79 Å². The van der Waals surface area contributed by atoms with Crippen molar-refractivity contribution in [2.75, 3.05) is 24.6 Å². The van der Waals surface area contributed by atoms with Crippen LogP contribution in [-0.2, 0) is 14.6 Å². The number of rotatable bonds is 3. The van der Waals surface area contributed by atoms with Crippen LogP contribution < -0.4 is 10.6 Å². The summed E-state index contributed by atoms with van der Waals surface area (Å²) in [5.74, 6) is 0.729. The van der Waals surface area contributed by atoms with E-state index in [4.69, 9.17) is 0 Å². The molecule has 0 bridgehead atoms. The third-order valence-corrected chi connectivity index (χ3v) is 5.24. The minimum atomic E-state index is -2.90. The molecule has 1 amide bonds. The van der Waals surface area contributed by atoms with Gasteiger partial charge in [-0.25, -0.2) is 8.42 Å². The molecule has 2 saturated heterocycles. The van der Waals surface area contributed by atoms with Gasteiger partial charge < -0.3 is 10.6 Å². The van der Waals surface area contributed by atoms with Gasteiger partial charge in [0.25, 0.3) is 0 Å². The second-order valence-electron chi connectivity index (χ2n) is 5.08. The van der Waals surface area contributed by atoms with Crippen molar-refractivity contribution in [3.05, 3.63) is 0 Å². The lowest BCUT2D eigenvalue weighted by atomic mass is 9.96. The van der Waals surface area contributed by atoms with Crippen LogP contribution in [0.5, 0.6) is 0 Å². The molecule has 2 unspecified atom stereocenters. The van der Waals surface area contributed by atoms with Gasteiger partial charge in [-0.1, -0.05) is 0 Å². The van der Waals surface area contributed by atoms with Gasteiger partial charge in [0.1, 0.15) is 0 Å². The van der Waals surface area contributed by atoms with Crippen molar-refractivity contribution in [1.82, 2.24) is 10.6 Å². The van der Waals surface area contributed by atoms with Crippen LogP contribution in [0.15, 0.2) is 0 Å². The standard InChI is InChI=1S/C11H20N2O3S/c14-11(6-9-2-1-4-12-7-9)13-10-3-5-17(15,16)8-10/h9-10,12H,1-8H2,(H,13,14). The van der Waals surface area contributed by atoms with Crippen molar-refractivity contribution in [3.63, 3.8) is 0 Å². The van der Waals surface area contributed by atoms with Gasteiger partial charge in [0.05, 0.1) is 11.5 Å². The minimum Gasteiger partial charge on any atom is -0.352 e. The van der Waals surface area contributed by atoms with E-state index in [1.165, 1.54) is 0 Å². The molecule has 0 radical (unpaired) electrons. The predicted molar refractivity (Wildman–Crippen MR) is 65.4 cm³/mol. The highest BCUT2D eigenvalue weighted by atomic mass is 32.2. The number of piperidine rings is 1. The molecule has 6 heteroatoms. The summed E-state index contributed by atoms with van der Waals surface area (Å²) >= 11 is 0. The molecule has 0 aliphatic carbocycles. The minimum absolute atomic E-state index is 0.000741. The van der Waals surface area contributed by atoms with Crippen LogP contribution in [0, 0.1) is 5.92 Å². The van der Waals surface area contributed by atoms with Crippen LogP contribution in [0.3, 0.4) is 0 Å². The molecule has 2 rings (SSSR count). The van der Waals surface area contributed by atoms with Crippen LogP contribution in [0.2, 0.25) is 0 Å². The van der Waals surface area contributed by atoms with E-state index < -0.39 is 9.84 Å². The number of carbonyl (C=O) groups is 1. The summed E-state index contributed by atoms with van der Waals surface area (Å²) in [5, 5.41) is 6.11. The topological polar surface area (TPSA) is 75.3 Å². The molecule has 2 aliphatic heterocycles. The van der Waals surface area contributed by atoms with Gasteiger partial charge in [-0.2, -0.15) is 0 Å². The third kappa shape index (κ3) is 3.96. The number of amides is 1. The van der Waals surface area contributed by atoms with Gasteiger partial charge in [0, 0.05) is 12.5 Å². The molecule has 2 aliphatic rings. The predicted octanol–water partition coefficient (Wildman–Crippen LogP) is -0.321. The Labute approximate surface area is 102 Å². The maximum absolute atomic E-state index is 11.7. The SMILES string of the molecule is O=C(CC1CCCNC1)NC1CCS(=O)(=O)C1. The number of hydrogen-bond acceptors (Lipinski definition) is 4. The molecular weight excluding hydrogens is 240 g/mol. The smallest absolute Gasteiger partial charge is 0.220 e. The molecule has 0 aromatic heterocycles. The average Bonchev–Trinajstić information content (AvgIpc) is 2.59. The lowest BCUT2D eigenvalue weighted by Gasteiger charge is -2.22. The van der Waals surface area contributed by atoms with Gasteiger partial charge in [-0.15, -0.1) is 0 Å². The molecular formula is C11H20N2O3S. The van der Waals surface area contributed by atoms with Crippen molar-refractivity contribution in [3.8, 4) is 0 Å². The molecule has 0 saturated carbocycles. The maximum atomic E-state index is 11.7. The molecule has 2 N–H and O–H groups in total. The Morgan fingerprint density at radius 3 is 2.76 bits per heavy atom. The zero-order valence-corrected chi connectivity index (χ0v) is 10.8. The van der Waals surface area contributed by atoms with Crippen molar-refractivity contribution < 1.29 is 13.2 Å². The summed E-state index contributed by atoms with van der Waals surface area (Å²) in [4.78, 5) is 11.7. The Bertz CT molecular complexity index is 374.